The van der Waals surface area contributed by atoms with E-state index in [0.717, 1.165) is 17.1 Å². The monoisotopic (exact) mass is 340 g/mol. The molecule has 0 N–H and O–H groups in total. The first kappa shape index (κ1) is 16.1. The Morgan fingerprint density at radius 3 is 2.50 bits per heavy atom. The summed E-state index contributed by atoms with van der Waals surface area (Å²) in [4.78, 5) is 4.52. The van der Waals surface area contributed by atoms with Gasteiger partial charge in [0.25, 0.3) is 0 Å². The molecule has 0 aliphatic heterocycles. The Balaban J connectivity index is 1.92. The van der Waals surface area contributed by atoms with E-state index in [4.69, 9.17) is 21.1 Å². The number of benzene rings is 2. The molecule has 0 fully saturated rings. The van der Waals surface area contributed by atoms with Crippen LogP contribution in [-0.4, -0.2) is 25.0 Å². The molecule has 2 aromatic carbocycles. The number of nitrogens with zero attached hydrogens (tertiary/aromatic N) is 2. The van der Waals surface area contributed by atoms with Crippen molar-refractivity contribution in [2.45, 2.75) is 0 Å². The first-order valence-corrected chi connectivity index (χ1v) is 7.78. The predicted molar refractivity (Wildman–Crippen MR) is 97.6 cm³/mol. The molecule has 0 saturated carbocycles. The number of halogens is 1. The van der Waals surface area contributed by atoms with Gasteiger partial charge in [-0.1, -0.05) is 11.6 Å². The summed E-state index contributed by atoms with van der Waals surface area (Å²) in [7, 11) is 3.27. The summed E-state index contributed by atoms with van der Waals surface area (Å²) in [5.41, 5.74) is 2.66. The first-order chi connectivity index (χ1) is 11.7. The zero-order valence-corrected chi connectivity index (χ0v) is 14.2. The molecule has 1 aromatic heterocycles. The summed E-state index contributed by atoms with van der Waals surface area (Å²) in [5.74, 6) is 1.50. The van der Waals surface area contributed by atoms with Gasteiger partial charge in [0, 0.05) is 16.9 Å². The highest BCUT2D eigenvalue weighted by Gasteiger charge is 2.04. The molecule has 3 aromatic rings. The number of aliphatic imine (C=N–C) groups is 1. The average Bonchev–Trinajstić information content (AvgIpc) is 3.08. The summed E-state index contributed by atoms with van der Waals surface area (Å²) in [6, 6.07) is 17.2. The fourth-order valence-electron chi connectivity index (χ4n) is 2.38. The van der Waals surface area contributed by atoms with Crippen LogP contribution in [0.1, 0.15) is 5.69 Å². The standard InChI is InChI=1S/C19H17ClN2O2/c1-23-17-8-6-15(7-9-17)22-11-3-4-16(22)13-21-18-12-14(20)5-10-19(18)24-2/h3-13H,1-2H3. The van der Waals surface area contributed by atoms with Crippen molar-refractivity contribution >= 4 is 23.5 Å². The lowest BCUT2D eigenvalue weighted by Crippen LogP contribution is -1.97. The van der Waals surface area contributed by atoms with Gasteiger partial charge in [0.2, 0.25) is 0 Å². The Labute approximate surface area is 145 Å². The fraction of sp³-hybridized carbons (Fsp3) is 0.105. The van der Waals surface area contributed by atoms with Crippen molar-refractivity contribution < 1.29 is 9.47 Å². The van der Waals surface area contributed by atoms with Crippen LogP contribution < -0.4 is 9.47 Å². The molecule has 4 nitrogen and oxygen atoms in total. The normalized spacial score (nSPS) is 11.0. The number of hydrogen-bond acceptors (Lipinski definition) is 3. The largest absolute Gasteiger partial charge is 0.497 e. The topological polar surface area (TPSA) is 35.8 Å². The van der Waals surface area contributed by atoms with Crippen molar-refractivity contribution in [3.05, 3.63) is 71.5 Å². The summed E-state index contributed by atoms with van der Waals surface area (Å²) >= 11 is 6.04. The molecule has 24 heavy (non-hydrogen) atoms. The maximum Gasteiger partial charge on any atom is 0.144 e. The number of rotatable bonds is 5. The maximum atomic E-state index is 6.04. The number of methoxy groups -OCH3 is 2. The van der Waals surface area contributed by atoms with Crippen LogP contribution in [0.2, 0.25) is 5.02 Å². The van der Waals surface area contributed by atoms with Gasteiger partial charge < -0.3 is 14.0 Å². The van der Waals surface area contributed by atoms with Crippen LogP contribution in [-0.2, 0) is 0 Å². The lowest BCUT2D eigenvalue weighted by molar-refractivity contribution is 0.414. The number of aromatic nitrogens is 1. The molecule has 0 aliphatic rings. The minimum absolute atomic E-state index is 0.619. The SMILES string of the molecule is COc1ccc(-n2cccc2C=Nc2cc(Cl)ccc2OC)cc1. The Kier molecular flexibility index (Phi) is 4.87. The summed E-state index contributed by atoms with van der Waals surface area (Å²) in [6.45, 7) is 0. The Morgan fingerprint density at radius 2 is 1.79 bits per heavy atom. The van der Waals surface area contributed by atoms with Crippen molar-refractivity contribution in [1.29, 1.82) is 0 Å². The molecule has 0 radical (unpaired) electrons. The summed E-state index contributed by atoms with van der Waals surface area (Å²) < 4.78 is 12.6. The molecular weight excluding hydrogens is 324 g/mol. The quantitative estimate of drug-likeness (QED) is 0.619. The van der Waals surface area contributed by atoms with Gasteiger partial charge in [-0.3, -0.25) is 4.99 Å². The van der Waals surface area contributed by atoms with Crippen LogP contribution in [0.4, 0.5) is 5.69 Å². The second-order valence-electron chi connectivity index (χ2n) is 5.08. The highest BCUT2D eigenvalue weighted by atomic mass is 35.5. The minimum Gasteiger partial charge on any atom is -0.497 e. The number of hydrogen-bond donors (Lipinski definition) is 0. The van der Waals surface area contributed by atoms with E-state index in [9.17, 15) is 0 Å². The van der Waals surface area contributed by atoms with Crippen molar-refractivity contribution in [3.8, 4) is 17.2 Å². The molecule has 0 bridgehead atoms. The van der Waals surface area contributed by atoms with Crippen molar-refractivity contribution in [1.82, 2.24) is 4.57 Å². The highest BCUT2D eigenvalue weighted by molar-refractivity contribution is 6.30. The molecule has 0 spiro atoms. The van der Waals surface area contributed by atoms with E-state index in [1.165, 1.54) is 0 Å². The van der Waals surface area contributed by atoms with Crippen LogP contribution in [0.5, 0.6) is 11.5 Å². The summed E-state index contributed by atoms with van der Waals surface area (Å²) in [6.07, 6.45) is 3.77. The Morgan fingerprint density at radius 1 is 1.00 bits per heavy atom. The van der Waals surface area contributed by atoms with Gasteiger partial charge in [-0.2, -0.15) is 0 Å². The molecule has 0 unspecified atom stereocenters. The van der Waals surface area contributed by atoms with Crippen molar-refractivity contribution in [2.24, 2.45) is 4.99 Å². The van der Waals surface area contributed by atoms with Crippen LogP contribution in [0.25, 0.3) is 5.69 Å². The third kappa shape index (κ3) is 3.44. The molecule has 3 rings (SSSR count). The zero-order valence-electron chi connectivity index (χ0n) is 13.4. The van der Waals surface area contributed by atoms with E-state index in [-0.39, 0.29) is 0 Å². The fourth-order valence-corrected chi connectivity index (χ4v) is 2.54. The van der Waals surface area contributed by atoms with E-state index in [1.54, 1.807) is 38.6 Å². The third-order valence-electron chi connectivity index (χ3n) is 3.61. The van der Waals surface area contributed by atoms with Crippen molar-refractivity contribution in [2.75, 3.05) is 14.2 Å². The average molecular weight is 341 g/mol. The number of ether oxygens (including phenoxy) is 2. The van der Waals surface area contributed by atoms with Gasteiger partial charge in [0.15, 0.2) is 0 Å². The van der Waals surface area contributed by atoms with Gasteiger partial charge in [0.1, 0.15) is 17.2 Å². The summed E-state index contributed by atoms with van der Waals surface area (Å²) in [5, 5.41) is 0.619. The van der Waals surface area contributed by atoms with E-state index in [0.29, 0.717) is 16.5 Å². The van der Waals surface area contributed by atoms with E-state index >= 15 is 0 Å². The smallest absolute Gasteiger partial charge is 0.144 e. The second kappa shape index (κ2) is 7.23. The Hall–Kier alpha value is -2.72. The predicted octanol–water partition coefficient (Wildman–Crippen LogP) is 4.90. The lowest BCUT2D eigenvalue weighted by atomic mass is 10.3. The van der Waals surface area contributed by atoms with E-state index in [2.05, 4.69) is 4.99 Å². The molecular formula is C19H17ClN2O2. The van der Waals surface area contributed by atoms with Gasteiger partial charge >= 0.3 is 0 Å². The molecule has 0 aliphatic carbocycles. The van der Waals surface area contributed by atoms with Gasteiger partial charge in [0.05, 0.1) is 26.1 Å². The molecule has 0 saturated heterocycles. The van der Waals surface area contributed by atoms with E-state index < -0.39 is 0 Å². The molecule has 5 heteroatoms. The highest BCUT2D eigenvalue weighted by Crippen LogP contribution is 2.30. The van der Waals surface area contributed by atoms with Crippen LogP contribution in [0.3, 0.4) is 0 Å². The van der Waals surface area contributed by atoms with Gasteiger partial charge in [-0.15, -0.1) is 0 Å². The maximum absolute atomic E-state index is 6.04. The molecule has 0 atom stereocenters. The van der Waals surface area contributed by atoms with Crippen molar-refractivity contribution in [3.63, 3.8) is 0 Å². The van der Waals surface area contributed by atoms with Gasteiger partial charge in [-0.25, -0.2) is 0 Å². The lowest BCUT2D eigenvalue weighted by Gasteiger charge is -2.08. The van der Waals surface area contributed by atoms with Gasteiger partial charge in [-0.05, 0) is 54.6 Å². The van der Waals surface area contributed by atoms with Crippen LogP contribution >= 0.6 is 11.6 Å². The Bertz CT molecular complexity index is 854. The molecule has 0 amide bonds. The van der Waals surface area contributed by atoms with Crippen LogP contribution in [0, 0.1) is 0 Å². The first-order valence-electron chi connectivity index (χ1n) is 7.40. The second-order valence-corrected chi connectivity index (χ2v) is 5.51. The third-order valence-corrected chi connectivity index (χ3v) is 3.84. The molecule has 1 heterocycles. The van der Waals surface area contributed by atoms with E-state index in [1.807, 2.05) is 47.2 Å². The minimum atomic E-state index is 0.619. The zero-order chi connectivity index (χ0) is 16.9. The molecule has 122 valence electrons. The van der Waals surface area contributed by atoms with Crippen LogP contribution in [0.15, 0.2) is 65.8 Å².